The first-order chi connectivity index (χ1) is 13.8. The fraction of sp³-hybridized carbons (Fsp3) is 0.0952. The number of imide groups is 2. The number of nitrogens with one attached hydrogen (secondary N) is 1. The highest BCUT2D eigenvalue weighted by atomic mass is 79.9. The van der Waals surface area contributed by atoms with Gasteiger partial charge in [0.25, 0.3) is 11.8 Å². The number of aryl methyl sites for hydroxylation is 1. The average molecular weight is 474 g/mol. The highest BCUT2D eigenvalue weighted by molar-refractivity contribution is 9.10. The predicted molar refractivity (Wildman–Crippen MR) is 114 cm³/mol. The van der Waals surface area contributed by atoms with Crippen molar-refractivity contribution >= 4 is 57.1 Å². The van der Waals surface area contributed by atoms with Crippen LogP contribution in [0.2, 0.25) is 5.02 Å². The number of hydrogen-bond donors (Lipinski definition) is 1. The number of benzene rings is 2. The van der Waals surface area contributed by atoms with Crippen LogP contribution in [-0.2, 0) is 9.59 Å². The van der Waals surface area contributed by atoms with Gasteiger partial charge in [0.05, 0.1) is 10.2 Å². The number of urea groups is 1. The van der Waals surface area contributed by atoms with Crippen molar-refractivity contribution in [1.29, 1.82) is 0 Å². The maximum Gasteiger partial charge on any atom is 0.335 e. The summed E-state index contributed by atoms with van der Waals surface area (Å²) in [5, 5.41) is 2.55. The number of terminal acetylenes is 1. The third kappa shape index (κ3) is 4.34. The van der Waals surface area contributed by atoms with Crippen LogP contribution in [-0.4, -0.2) is 24.5 Å². The lowest BCUT2D eigenvalue weighted by Gasteiger charge is -2.27. The van der Waals surface area contributed by atoms with Crippen LogP contribution in [0.4, 0.5) is 10.5 Å². The van der Waals surface area contributed by atoms with Gasteiger partial charge in [0.15, 0.2) is 0 Å². The predicted octanol–water partition coefficient (Wildman–Crippen LogP) is 4.09. The molecule has 0 bridgehead atoms. The highest BCUT2D eigenvalue weighted by Gasteiger charge is 2.37. The van der Waals surface area contributed by atoms with Gasteiger partial charge in [0.1, 0.15) is 17.9 Å². The summed E-state index contributed by atoms with van der Waals surface area (Å²) in [7, 11) is 0. The molecule has 0 aromatic heterocycles. The van der Waals surface area contributed by atoms with Crippen molar-refractivity contribution in [2.75, 3.05) is 11.5 Å². The largest absolute Gasteiger partial charge is 0.480 e. The van der Waals surface area contributed by atoms with E-state index in [4.69, 9.17) is 22.8 Å². The molecule has 3 rings (SSSR count). The zero-order valence-electron chi connectivity index (χ0n) is 15.2. The van der Waals surface area contributed by atoms with E-state index >= 15 is 0 Å². The summed E-state index contributed by atoms with van der Waals surface area (Å²) in [6.07, 6.45) is 6.58. The summed E-state index contributed by atoms with van der Waals surface area (Å²) in [5.41, 5.74) is 1.33. The summed E-state index contributed by atoms with van der Waals surface area (Å²) in [5.74, 6) is 1.37. The minimum absolute atomic E-state index is 0.107. The van der Waals surface area contributed by atoms with Crippen LogP contribution < -0.4 is 15.0 Å². The summed E-state index contributed by atoms with van der Waals surface area (Å²) in [6.45, 7) is 1.84. The summed E-state index contributed by atoms with van der Waals surface area (Å²) in [4.78, 5) is 38.5. The molecule has 1 saturated heterocycles. The Balaban J connectivity index is 1.99. The number of amides is 4. The second kappa shape index (κ2) is 8.52. The number of barbiturate groups is 1. The first-order valence-corrected chi connectivity index (χ1v) is 9.52. The van der Waals surface area contributed by atoms with E-state index in [1.165, 1.54) is 12.1 Å². The van der Waals surface area contributed by atoms with Crippen LogP contribution in [0, 0.1) is 19.3 Å². The summed E-state index contributed by atoms with van der Waals surface area (Å²) >= 11 is 9.37. The number of ether oxygens (including phenoxy) is 1. The Morgan fingerprint density at radius 2 is 2.00 bits per heavy atom. The molecule has 0 spiro atoms. The van der Waals surface area contributed by atoms with Gasteiger partial charge in [-0.15, -0.1) is 6.42 Å². The SMILES string of the molecule is C#CCOc1ccc(/C=C2\C(=O)NC(=O)N(c3cc(Cl)ccc3C)C2=O)cc1Br. The van der Waals surface area contributed by atoms with E-state index in [0.29, 0.717) is 32.1 Å². The number of nitrogens with zero attached hydrogens (tertiary/aromatic N) is 1. The molecule has 0 radical (unpaired) electrons. The monoisotopic (exact) mass is 472 g/mol. The second-order valence-electron chi connectivity index (χ2n) is 6.07. The van der Waals surface area contributed by atoms with Gasteiger partial charge in [-0.1, -0.05) is 29.7 Å². The fourth-order valence-corrected chi connectivity index (χ4v) is 3.39. The van der Waals surface area contributed by atoms with Gasteiger partial charge >= 0.3 is 6.03 Å². The Bertz CT molecular complexity index is 1100. The average Bonchev–Trinajstić information content (AvgIpc) is 2.67. The number of halogens is 2. The lowest BCUT2D eigenvalue weighted by Crippen LogP contribution is -2.54. The minimum atomic E-state index is -0.832. The van der Waals surface area contributed by atoms with Crippen molar-refractivity contribution in [3.63, 3.8) is 0 Å². The van der Waals surface area contributed by atoms with Crippen LogP contribution >= 0.6 is 27.5 Å². The summed E-state index contributed by atoms with van der Waals surface area (Å²) in [6, 6.07) is 8.99. The van der Waals surface area contributed by atoms with Crippen LogP contribution in [0.15, 0.2) is 46.4 Å². The smallest absolute Gasteiger partial charge is 0.335 e. The minimum Gasteiger partial charge on any atom is -0.480 e. The number of carbonyl (C=O) groups is 3. The Morgan fingerprint density at radius 1 is 1.24 bits per heavy atom. The molecule has 0 unspecified atom stereocenters. The van der Waals surface area contributed by atoms with Gasteiger partial charge in [-0.3, -0.25) is 14.9 Å². The molecule has 1 fully saturated rings. The van der Waals surface area contributed by atoms with Crippen molar-refractivity contribution in [2.45, 2.75) is 6.92 Å². The number of carbonyl (C=O) groups excluding carboxylic acids is 3. The van der Waals surface area contributed by atoms with E-state index in [9.17, 15) is 14.4 Å². The van der Waals surface area contributed by atoms with Gasteiger partial charge in [-0.25, -0.2) is 9.69 Å². The van der Waals surface area contributed by atoms with Crippen LogP contribution in [0.3, 0.4) is 0 Å². The summed E-state index contributed by atoms with van der Waals surface area (Å²) < 4.78 is 5.97. The van der Waals surface area contributed by atoms with Gasteiger partial charge in [0.2, 0.25) is 0 Å². The lowest BCUT2D eigenvalue weighted by molar-refractivity contribution is -0.122. The van der Waals surface area contributed by atoms with E-state index in [-0.39, 0.29) is 12.2 Å². The van der Waals surface area contributed by atoms with Gasteiger partial charge in [0, 0.05) is 5.02 Å². The fourth-order valence-electron chi connectivity index (χ4n) is 2.71. The van der Waals surface area contributed by atoms with Gasteiger partial charge in [-0.05, 0) is 64.3 Å². The van der Waals surface area contributed by atoms with E-state index in [1.807, 2.05) is 0 Å². The van der Waals surface area contributed by atoms with E-state index in [0.717, 1.165) is 4.90 Å². The number of hydrogen-bond acceptors (Lipinski definition) is 4. The Morgan fingerprint density at radius 3 is 2.69 bits per heavy atom. The second-order valence-corrected chi connectivity index (χ2v) is 7.36. The molecule has 146 valence electrons. The molecular formula is C21H14BrClN2O4. The van der Waals surface area contributed by atoms with Crippen molar-refractivity contribution in [3.8, 4) is 18.1 Å². The van der Waals surface area contributed by atoms with Crippen LogP contribution in [0.5, 0.6) is 5.75 Å². The maximum atomic E-state index is 13.0. The highest BCUT2D eigenvalue weighted by Crippen LogP contribution is 2.30. The molecule has 4 amide bonds. The van der Waals surface area contributed by atoms with E-state index < -0.39 is 17.8 Å². The normalized spacial score (nSPS) is 15.3. The molecule has 0 saturated carbocycles. The maximum absolute atomic E-state index is 13.0. The van der Waals surface area contributed by atoms with Crippen molar-refractivity contribution in [1.82, 2.24) is 5.32 Å². The molecule has 2 aromatic carbocycles. The molecular weight excluding hydrogens is 460 g/mol. The molecule has 6 nitrogen and oxygen atoms in total. The molecule has 1 aliphatic rings. The van der Waals surface area contributed by atoms with Crippen molar-refractivity contribution in [3.05, 3.63) is 62.6 Å². The topological polar surface area (TPSA) is 75.7 Å². The van der Waals surface area contributed by atoms with Crippen LogP contribution in [0.1, 0.15) is 11.1 Å². The van der Waals surface area contributed by atoms with E-state index in [1.54, 1.807) is 37.3 Å². The number of rotatable bonds is 4. The van der Waals surface area contributed by atoms with Crippen molar-refractivity contribution < 1.29 is 19.1 Å². The quantitative estimate of drug-likeness (QED) is 0.412. The standard InChI is InChI=1S/C21H14BrClN2O4/c1-3-8-29-18-7-5-13(10-16(18)22)9-15-19(26)24-21(28)25(20(15)27)17-11-14(23)6-4-12(17)2/h1,4-7,9-11H,8H2,2H3,(H,24,26,28)/b15-9+. The molecule has 1 N–H and O–H groups in total. The third-order valence-corrected chi connectivity index (χ3v) is 4.95. The van der Waals surface area contributed by atoms with Gasteiger partial charge < -0.3 is 4.74 Å². The third-order valence-electron chi connectivity index (χ3n) is 4.09. The zero-order chi connectivity index (χ0) is 21.1. The molecule has 1 heterocycles. The lowest BCUT2D eigenvalue weighted by atomic mass is 10.1. The first-order valence-electron chi connectivity index (χ1n) is 8.35. The molecule has 0 atom stereocenters. The molecule has 2 aromatic rings. The first kappa shape index (κ1) is 20.6. The van der Waals surface area contributed by atoms with E-state index in [2.05, 4.69) is 27.2 Å². The Kier molecular flexibility index (Phi) is 6.06. The van der Waals surface area contributed by atoms with Crippen LogP contribution in [0.25, 0.3) is 6.08 Å². The van der Waals surface area contributed by atoms with Gasteiger partial charge in [-0.2, -0.15) is 0 Å². The molecule has 1 aliphatic heterocycles. The van der Waals surface area contributed by atoms with Crippen molar-refractivity contribution in [2.24, 2.45) is 0 Å². The molecule has 29 heavy (non-hydrogen) atoms. The molecule has 0 aliphatic carbocycles. The Hall–Kier alpha value is -3.08. The zero-order valence-corrected chi connectivity index (χ0v) is 17.5. The molecule has 8 heteroatoms. The number of anilines is 1. The Labute approximate surface area is 180 Å².